The molecule has 4 nitrogen and oxygen atoms in total. The fraction of sp³-hybridized carbons (Fsp3) is 0.133. The summed E-state index contributed by atoms with van der Waals surface area (Å²) >= 11 is 0. The molecule has 0 saturated heterocycles. The molecule has 0 aromatic heterocycles. The van der Waals surface area contributed by atoms with Crippen LogP contribution in [0.4, 0.5) is 0 Å². The predicted molar refractivity (Wildman–Crippen MR) is 132 cm³/mol. The van der Waals surface area contributed by atoms with Crippen LogP contribution < -0.4 is 0 Å². The predicted octanol–water partition coefficient (Wildman–Crippen LogP) is 6.40. The molecule has 0 unspecified atom stereocenters. The molecule has 170 valence electrons. The molecule has 0 bridgehead atoms. The van der Waals surface area contributed by atoms with Gasteiger partial charge in [-0.05, 0) is 41.3 Å². The largest absolute Gasteiger partial charge is 0.462 e. The fourth-order valence-electron chi connectivity index (χ4n) is 4.06. The number of ether oxygens (including phenoxy) is 2. The van der Waals surface area contributed by atoms with Gasteiger partial charge in [0.2, 0.25) is 0 Å². The summed E-state index contributed by atoms with van der Waals surface area (Å²) in [6.45, 7) is 2.05. The van der Waals surface area contributed by atoms with Crippen molar-refractivity contribution in [2.75, 3.05) is 6.61 Å². The maximum atomic E-state index is 12.9. The second-order valence-electron chi connectivity index (χ2n) is 7.80. The molecular weight excluding hydrogens is 424 g/mol. The highest BCUT2D eigenvalue weighted by Gasteiger charge is 2.22. The van der Waals surface area contributed by atoms with Crippen molar-refractivity contribution in [1.82, 2.24) is 0 Å². The molecular formula is C30H26O4. The van der Waals surface area contributed by atoms with E-state index in [2.05, 4.69) is 30.3 Å². The Labute approximate surface area is 199 Å². The van der Waals surface area contributed by atoms with Crippen LogP contribution in [0, 0.1) is 0 Å². The maximum Gasteiger partial charge on any atom is 0.339 e. The second kappa shape index (κ2) is 11.1. The van der Waals surface area contributed by atoms with Crippen molar-refractivity contribution in [3.63, 3.8) is 0 Å². The van der Waals surface area contributed by atoms with Crippen molar-refractivity contribution < 1.29 is 19.1 Å². The molecule has 4 aromatic carbocycles. The highest BCUT2D eigenvalue weighted by molar-refractivity contribution is 6.03. The van der Waals surface area contributed by atoms with E-state index in [1.807, 2.05) is 54.6 Å². The quantitative estimate of drug-likeness (QED) is 0.230. The summed E-state index contributed by atoms with van der Waals surface area (Å²) in [5.41, 5.74) is 4.67. The number of carbonyl (C=O) groups is 2. The van der Waals surface area contributed by atoms with Gasteiger partial charge in [0.15, 0.2) is 0 Å². The van der Waals surface area contributed by atoms with Crippen LogP contribution in [0.2, 0.25) is 0 Å². The molecule has 0 aliphatic rings. The third-order valence-electron chi connectivity index (χ3n) is 5.63. The SMILES string of the molecule is CCOC(=O)c1ccccc1C(=O)OCc1ccccc1C(c1ccccc1)c1ccccc1. The summed E-state index contributed by atoms with van der Waals surface area (Å²) in [5.74, 6) is -1.11. The number of carbonyl (C=O) groups excluding carboxylic acids is 2. The minimum absolute atomic E-state index is 0.0101. The van der Waals surface area contributed by atoms with E-state index in [9.17, 15) is 9.59 Å². The normalized spacial score (nSPS) is 10.6. The molecule has 4 heteroatoms. The molecule has 0 spiro atoms. The summed E-state index contributed by atoms with van der Waals surface area (Å²) in [4.78, 5) is 25.2. The maximum absolute atomic E-state index is 12.9. The zero-order valence-electron chi connectivity index (χ0n) is 19.0. The van der Waals surface area contributed by atoms with Gasteiger partial charge in [-0.25, -0.2) is 9.59 Å². The Balaban J connectivity index is 1.64. The average molecular weight is 451 g/mol. The standard InChI is InChI=1S/C30H26O4/c1-2-33-29(31)26-19-11-12-20-27(26)30(32)34-21-24-17-9-10-18-25(24)28(22-13-5-3-6-14-22)23-15-7-4-8-16-23/h3-20,28H,2,21H2,1H3. The van der Waals surface area contributed by atoms with Gasteiger partial charge >= 0.3 is 11.9 Å². The van der Waals surface area contributed by atoms with Crippen LogP contribution in [0.5, 0.6) is 0 Å². The molecule has 0 saturated carbocycles. The summed E-state index contributed by atoms with van der Waals surface area (Å²) in [7, 11) is 0. The third kappa shape index (κ3) is 5.24. The molecule has 0 amide bonds. The van der Waals surface area contributed by atoms with Crippen molar-refractivity contribution in [1.29, 1.82) is 0 Å². The minimum Gasteiger partial charge on any atom is -0.462 e. The summed E-state index contributed by atoms with van der Waals surface area (Å²) < 4.78 is 10.8. The Morgan fingerprint density at radius 3 is 1.65 bits per heavy atom. The van der Waals surface area contributed by atoms with Crippen LogP contribution in [0.15, 0.2) is 109 Å². The van der Waals surface area contributed by atoms with E-state index in [1.165, 1.54) is 0 Å². The van der Waals surface area contributed by atoms with Crippen molar-refractivity contribution in [3.8, 4) is 0 Å². The molecule has 0 aliphatic carbocycles. The lowest BCUT2D eigenvalue weighted by molar-refractivity contribution is 0.0444. The van der Waals surface area contributed by atoms with Crippen molar-refractivity contribution in [2.24, 2.45) is 0 Å². The van der Waals surface area contributed by atoms with Gasteiger partial charge < -0.3 is 9.47 Å². The van der Waals surface area contributed by atoms with Crippen molar-refractivity contribution in [2.45, 2.75) is 19.4 Å². The number of hydrogen-bond acceptors (Lipinski definition) is 4. The van der Waals surface area contributed by atoms with Gasteiger partial charge in [0, 0.05) is 5.92 Å². The van der Waals surface area contributed by atoms with E-state index in [0.717, 1.165) is 22.3 Å². The molecule has 4 aromatic rings. The molecule has 0 heterocycles. The minimum atomic E-state index is -0.561. The lowest BCUT2D eigenvalue weighted by atomic mass is 9.83. The Hall–Kier alpha value is -4.18. The average Bonchev–Trinajstić information content (AvgIpc) is 2.89. The lowest BCUT2D eigenvalue weighted by Gasteiger charge is -2.22. The highest BCUT2D eigenvalue weighted by Crippen LogP contribution is 2.34. The van der Waals surface area contributed by atoms with Gasteiger partial charge in [-0.1, -0.05) is 97.1 Å². The molecule has 0 radical (unpaired) electrons. The summed E-state index contributed by atoms with van der Waals surface area (Å²) in [6, 6.07) is 35.1. The van der Waals surface area contributed by atoms with Gasteiger partial charge in [-0.3, -0.25) is 0 Å². The number of rotatable bonds is 8. The third-order valence-corrected chi connectivity index (χ3v) is 5.63. The van der Waals surface area contributed by atoms with Crippen LogP contribution >= 0.6 is 0 Å². The molecule has 0 N–H and O–H groups in total. The highest BCUT2D eigenvalue weighted by atomic mass is 16.5. The van der Waals surface area contributed by atoms with E-state index in [0.29, 0.717) is 0 Å². The fourth-order valence-corrected chi connectivity index (χ4v) is 4.06. The van der Waals surface area contributed by atoms with E-state index < -0.39 is 11.9 Å². The van der Waals surface area contributed by atoms with Crippen molar-refractivity contribution in [3.05, 3.63) is 143 Å². The van der Waals surface area contributed by atoms with E-state index in [-0.39, 0.29) is 30.3 Å². The van der Waals surface area contributed by atoms with Gasteiger partial charge in [-0.15, -0.1) is 0 Å². The molecule has 0 atom stereocenters. The van der Waals surface area contributed by atoms with Gasteiger partial charge in [0.1, 0.15) is 6.61 Å². The smallest absolute Gasteiger partial charge is 0.339 e. The summed E-state index contributed by atoms with van der Waals surface area (Å²) in [5, 5.41) is 0. The number of hydrogen-bond donors (Lipinski definition) is 0. The first-order chi connectivity index (χ1) is 16.7. The van der Waals surface area contributed by atoms with E-state index >= 15 is 0 Å². The Morgan fingerprint density at radius 1 is 0.618 bits per heavy atom. The number of benzene rings is 4. The van der Waals surface area contributed by atoms with Crippen molar-refractivity contribution >= 4 is 11.9 Å². The lowest BCUT2D eigenvalue weighted by Crippen LogP contribution is -2.15. The molecule has 0 aliphatic heterocycles. The van der Waals surface area contributed by atoms with Gasteiger partial charge in [-0.2, -0.15) is 0 Å². The summed E-state index contributed by atoms with van der Waals surface area (Å²) in [6.07, 6.45) is 0. The Morgan fingerprint density at radius 2 is 1.09 bits per heavy atom. The Kier molecular flexibility index (Phi) is 7.51. The van der Waals surface area contributed by atoms with Gasteiger partial charge in [0.05, 0.1) is 17.7 Å². The Bertz CT molecular complexity index is 1210. The monoisotopic (exact) mass is 450 g/mol. The first-order valence-corrected chi connectivity index (χ1v) is 11.3. The number of esters is 2. The topological polar surface area (TPSA) is 52.6 Å². The molecule has 4 rings (SSSR count). The van der Waals surface area contributed by atoms with E-state index in [4.69, 9.17) is 9.47 Å². The second-order valence-corrected chi connectivity index (χ2v) is 7.80. The first kappa shape index (κ1) is 23.0. The molecule has 34 heavy (non-hydrogen) atoms. The van der Waals surface area contributed by atoms with Crippen LogP contribution in [0.1, 0.15) is 55.8 Å². The van der Waals surface area contributed by atoms with E-state index in [1.54, 1.807) is 31.2 Å². The van der Waals surface area contributed by atoms with Gasteiger partial charge in [0.25, 0.3) is 0 Å². The zero-order valence-corrected chi connectivity index (χ0v) is 19.0. The first-order valence-electron chi connectivity index (χ1n) is 11.3. The van der Waals surface area contributed by atoms with Crippen LogP contribution in [0.3, 0.4) is 0 Å². The van der Waals surface area contributed by atoms with Crippen LogP contribution in [0.25, 0.3) is 0 Å². The van der Waals surface area contributed by atoms with Crippen LogP contribution in [-0.4, -0.2) is 18.5 Å². The van der Waals surface area contributed by atoms with Crippen LogP contribution in [-0.2, 0) is 16.1 Å². The molecule has 0 fully saturated rings. The zero-order chi connectivity index (χ0) is 23.8.